The molecule has 2 rings (SSSR count). The van der Waals surface area contributed by atoms with Gasteiger partial charge in [-0.25, -0.2) is 0 Å². The SMILES string of the molecule is CC(C)[C@H](N)C(=O)NCC(=O)Nc1ccc(NCc2ccccc2)c(Cl)c1. The molecule has 6 nitrogen and oxygen atoms in total. The number of carbonyl (C=O) groups excluding carboxylic acids is 2. The van der Waals surface area contributed by atoms with Crippen molar-refractivity contribution in [3.8, 4) is 0 Å². The van der Waals surface area contributed by atoms with Crippen LogP contribution in [0.4, 0.5) is 11.4 Å². The Morgan fingerprint density at radius 3 is 2.44 bits per heavy atom. The maximum atomic E-state index is 12.0. The van der Waals surface area contributed by atoms with Crippen molar-refractivity contribution in [3.63, 3.8) is 0 Å². The van der Waals surface area contributed by atoms with Gasteiger partial charge in [-0.15, -0.1) is 0 Å². The van der Waals surface area contributed by atoms with Crippen LogP contribution in [-0.2, 0) is 16.1 Å². The number of hydrogen-bond acceptors (Lipinski definition) is 4. The van der Waals surface area contributed by atoms with Gasteiger partial charge in [-0.05, 0) is 29.7 Å². The molecule has 0 spiro atoms. The highest BCUT2D eigenvalue weighted by atomic mass is 35.5. The van der Waals surface area contributed by atoms with Crippen molar-refractivity contribution in [2.75, 3.05) is 17.2 Å². The van der Waals surface area contributed by atoms with E-state index in [-0.39, 0.29) is 24.3 Å². The van der Waals surface area contributed by atoms with Gasteiger partial charge in [0.15, 0.2) is 0 Å². The van der Waals surface area contributed by atoms with Crippen molar-refractivity contribution in [2.24, 2.45) is 11.7 Å². The quantitative estimate of drug-likeness (QED) is 0.559. The molecule has 0 saturated heterocycles. The minimum atomic E-state index is -0.637. The molecule has 0 aromatic heterocycles. The summed E-state index contributed by atoms with van der Waals surface area (Å²) in [6.45, 7) is 4.19. The van der Waals surface area contributed by atoms with Crippen LogP contribution in [0.15, 0.2) is 48.5 Å². The molecule has 0 aliphatic rings. The second-order valence-corrected chi connectivity index (χ2v) is 6.98. The Morgan fingerprint density at radius 1 is 1.11 bits per heavy atom. The predicted molar refractivity (Wildman–Crippen MR) is 110 cm³/mol. The van der Waals surface area contributed by atoms with Gasteiger partial charge in [0.1, 0.15) is 0 Å². The van der Waals surface area contributed by atoms with E-state index in [0.29, 0.717) is 17.3 Å². The van der Waals surface area contributed by atoms with E-state index in [2.05, 4.69) is 16.0 Å². The third kappa shape index (κ3) is 6.58. The molecule has 144 valence electrons. The Hall–Kier alpha value is -2.57. The lowest BCUT2D eigenvalue weighted by Crippen LogP contribution is -2.46. The molecule has 0 fully saturated rings. The molecule has 2 amide bonds. The third-order valence-electron chi connectivity index (χ3n) is 4.02. The van der Waals surface area contributed by atoms with Crippen molar-refractivity contribution in [1.82, 2.24) is 5.32 Å². The first-order chi connectivity index (χ1) is 12.9. The Morgan fingerprint density at radius 2 is 1.81 bits per heavy atom. The zero-order valence-electron chi connectivity index (χ0n) is 15.5. The number of nitrogens with one attached hydrogen (secondary N) is 3. The van der Waals surface area contributed by atoms with E-state index >= 15 is 0 Å². The van der Waals surface area contributed by atoms with Crippen LogP contribution < -0.4 is 21.7 Å². The van der Waals surface area contributed by atoms with Crippen molar-refractivity contribution in [2.45, 2.75) is 26.4 Å². The van der Waals surface area contributed by atoms with Gasteiger partial charge in [-0.3, -0.25) is 9.59 Å². The summed E-state index contributed by atoms with van der Waals surface area (Å²) >= 11 is 6.28. The molecule has 0 bridgehead atoms. The molecule has 0 unspecified atom stereocenters. The number of carbonyl (C=O) groups is 2. The molecular weight excluding hydrogens is 364 g/mol. The number of benzene rings is 2. The maximum absolute atomic E-state index is 12.0. The van der Waals surface area contributed by atoms with E-state index in [1.54, 1.807) is 18.2 Å². The number of rotatable bonds is 8. The highest BCUT2D eigenvalue weighted by molar-refractivity contribution is 6.33. The molecule has 7 heteroatoms. The average molecular weight is 389 g/mol. The van der Waals surface area contributed by atoms with E-state index in [1.165, 1.54) is 0 Å². The lowest BCUT2D eigenvalue weighted by Gasteiger charge is -2.15. The lowest BCUT2D eigenvalue weighted by atomic mass is 10.1. The number of nitrogens with two attached hydrogens (primary N) is 1. The highest BCUT2D eigenvalue weighted by Gasteiger charge is 2.17. The largest absolute Gasteiger partial charge is 0.380 e. The summed E-state index contributed by atoms with van der Waals surface area (Å²) in [5.74, 6) is -0.693. The summed E-state index contributed by atoms with van der Waals surface area (Å²) in [5, 5.41) is 8.98. The van der Waals surface area contributed by atoms with Crippen molar-refractivity contribution in [1.29, 1.82) is 0 Å². The fourth-order valence-corrected chi connectivity index (χ4v) is 2.57. The molecule has 1 atom stereocenters. The van der Waals surface area contributed by atoms with Crippen LogP contribution in [0.5, 0.6) is 0 Å². The second-order valence-electron chi connectivity index (χ2n) is 6.57. The van der Waals surface area contributed by atoms with E-state index in [9.17, 15) is 9.59 Å². The Bertz CT molecular complexity index is 781. The van der Waals surface area contributed by atoms with Gasteiger partial charge in [0.05, 0.1) is 23.3 Å². The van der Waals surface area contributed by atoms with Gasteiger partial charge in [0.2, 0.25) is 11.8 Å². The summed E-state index contributed by atoms with van der Waals surface area (Å²) in [6.07, 6.45) is 0. The topological polar surface area (TPSA) is 96.2 Å². The molecule has 0 radical (unpaired) electrons. The van der Waals surface area contributed by atoms with Gasteiger partial charge in [0, 0.05) is 12.2 Å². The first-order valence-corrected chi connectivity index (χ1v) is 9.15. The molecular formula is C20H25ClN4O2. The van der Waals surface area contributed by atoms with Crippen LogP contribution in [0.3, 0.4) is 0 Å². The van der Waals surface area contributed by atoms with Crippen LogP contribution >= 0.6 is 11.6 Å². The number of hydrogen-bond donors (Lipinski definition) is 4. The monoisotopic (exact) mass is 388 g/mol. The molecule has 27 heavy (non-hydrogen) atoms. The van der Waals surface area contributed by atoms with E-state index < -0.39 is 6.04 Å². The summed E-state index contributed by atoms with van der Waals surface area (Å²) in [7, 11) is 0. The Balaban J connectivity index is 1.85. The molecule has 0 saturated carbocycles. The second kappa shape index (κ2) is 9.94. The first-order valence-electron chi connectivity index (χ1n) is 8.77. The maximum Gasteiger partial charge on any atom is 0.243 e. The molecule has 0 aliphatic heterocycles. The Labute approximate surface area is 164 Å². The number of amides is 2. The predicted octanol–water partition coefficient (Wildman–Crippen LogP) is 2.99. The van der Waals surface area contributed by atoms with Gasteiger partial charge in [-0.2, -0.15) is 0 Å². The minimum absolute atomic E-state index is 0.00259. The third-order valence-corrected chi connectivity index (χ3v) is 4.34. The molecule has 5 N–H and O–H groups in total. The van der Waals surface area contributed by atoms with E-state index in [4.69, 9.17) is 17.3 Å². The molecule has 2 aromatic rings. The van der Waals surface area contributed by atoms with E-state index in [1.807, 2.05) is 44.2 Å². The highest BCUT2D eigenvalue weighted by Crippen LogP contribution is 2.26. The summed E-state index contributed by atoms with van der Waals surface area (Å²) in [5.41, 5.74) is 8.20. The number of anilines is 2. The first kappa shape index (κ1) is 20.7. The van der Waals surface area contributed by atoms with Gasteiger partial charge >= 0.3 is 0 Å². The summed E-state index contributed by atoms with van der Waals surface area (Å²) < 4.78 is 0. The van der Waals surface area contributed by atoms with Crippen molar-refractivity contribution >= 4 is 34.8 Å². The van der Waals surface area contributed by atoms with Crippen LogP contribution in [0.1, 0.15) is 19.4 Å². The fourth-order valence-electron chi connectivity index (χ4n) is 2.32. The number of halogens is 1. The summed E-state index contributed by atoms with van der Waals surface area (Å²) in [6, 6.07) is 14.5. The lowest BCUT2D eigenvalue weighted by molar-refractivity contribution is -0.125. The van der Waals surface area contributed by atoms with Crippen molar-refractivity contribution < 1.29 is 9.59 Å². The molecule has 0 heterocycles. The van der Waals surface area contributed by atoms with Crippen LogP contribution in [0, 0.1) is 5.92 Å². The Kier molecular flexibility index (Phi) is 7.64. The minimum Gasteiger partial charge on any atom is -0.380 e. The van der Waals surface area contributed by atoms with Crippen LogP contribution in [0.2, 0.25) is 5.02 Å². The molecule has 2 aromatic carbocycles. The zero-order valence-corrected chi connectivity index (χ0v) is 16.2. The normalized spacial score (nSPS) is 11.7. The van der Waals surface area contributed by atoms with Gasteiger partial charge < -0.3 is 21.7 Å². The fraction of sp³-hybridized carbons (Fsp3) is 0.300. The van der Waals surface area contributed by atoms with E-state index in [0.717, 1.165) is 11.3 Å². The zero-order chi connectivity index (χ0) is 19.8. The van der Waals surface area contributed by atoms with Crippen molar-refractivity contribution in [3.05, 3.63) is 59.1 Å². The summed E-state index contributed by atoms with van der Waals surface area (Å²) in [4.78, 5) is 23.8. The smallest absolute Gasteiger partial charge is 0.243 e. The van der Waals surface area contributed by atoms with Gasteiger partial charge in [-0.1, -0.05) is 55.8 Å². The standard InChI is InChI=1S/C20H25ClN4O2/c1-13(2)19(22)20(27)24-12-18(26)25-15-8-9-17(16(21)10-15)23-11-14-6-4-3-5-7-14/h3-10,13,19,23H,11-12,22H2,1-2H3,(H,24,27)(H,25,26)/t19-/m0/s1. The van der Waals surface area contributed by atoms with Crippen LogP contribution in [-0.4, -0.2) is 24.4 Å². The van der Waals surface area contributed by atoms with Gasteiger partial charge in [0.25, 0.3) is 0 Å². The molecule has 0 aliphatic carbocycles. The average Bonchev–Trinajstić information content (AvgIpc) is 2.65. The van der Waals surface area contributed by atoms with Crippen LogP contribution in [0.25, 0.3) is 0 Å².